The summed E-state index contributed by atoms with van der Waals surface area (Å²) in [6.07, 6.45) is 8.86. The van der Waals surface area contributed by atoms with Crippen LogP contribution in [0.3, 0.4) is 0 Å². The molecule has 0 atom stereocenters. The molecule has 5 heterocycles. The average molecular weight is 536 g/mol. The lowest BCUT2D eigenvalue weighted by Crippen LogP contribution is -2.30. The molecule has 0 aromatic carbocycles. The first-order chi connectivity index (χ1) is 18.2. The lowest BCUT2D eigenvalue weighted by Gasteiger charge is -2.16. The van der Waals surface area contributed by atoms with Crippen LogP contribution >= 0.6 is 0 Å². The van der Waals surface area contributed by atoms with Crippen LogP contribution in [0.1, 0.15) is 17.3 Å². The third-order valence-corrected chi connectivity index (χ3v) is 6.37. The van der Waals surface area contributed by atoms with E-state index >= 15 is 0 Å². The molecule has 5 rings (SSSR count). The first kappa shape index (κ1) is 25.2. The van der Waals surface area contributed by atoms with Crippen molar-refractivity contribution in [3.8, 4) is 22.6 Å². The second kappa shape index (κ2) is 10.1. The number of nitrogens with one attached hydrogen (secondary N) is 3. The maximum absolute atomic E-state index is 13.1. The SMILES string of the molecule is CCOCCN(C)C(=O)c1cncc2[nH]c(-c3n[nH]c4ncc(-c5cncc(NS(C)(=O)=O)c5)cc34)nc12. The van der Waals surface area contributed by atoms with Gasteiger partial charge in [-0.3, -0.25) is 24.6 Å². The van der Waals surface area contributed by atoms with Gasteiger partial charge >= 0.3 is 0 Å². The van der Waals surface area contributed by atoms with Crippen molar-refractivity contribution in [1.29, 1.82) is 0 Å². The van der Waals surface area contributed by atoms with Gasteiger partial charge in [-0.15, -0.1) is 0 Å². The summed E-state index contributed by atoms with van der Waals surface area (Å²) in [6, 6.07) is 3.53. The van der Waals surface area contributed by atoms with Crippen molar-refractivity contribution in [1.82, 2.24) is 40.0 Å². The predicted octanol–water partition coefficient (Wildman–Crippen LogP) is 2.44. The number of sulfonamides is 1. The summed E-state index contributed by atoms with van der Waals surface area (Å²) < 4.78 is 31.0. The van der Waals surface area contributed by atoms with Gasteiger partial charge in [0.1, 0.15) is 11.2 Å². The smallest absolute Gasteiger partial charge is 0.257 e. The molecule has 5 aromatic rings. The minimum Gasteiger partial charge on any atom is -0.380 e. The highest BCUT2D eigenvalue weighted by Gasteiger charge is 2.20. The Labute approximate surface area is 217 Å². The third-order valence-electron chi connectivity index (χ3n) is 5.76. The van der Waals surface area contributed by atoms with Crippen molar-refractivity contribution in [2.45, 2.75) is 6.92 Å². The highest BCUT2D eigenvalue weighted by Crippen LogP contribution is 2.30. The number of hydrogen-bond acceptors (Lipinski definition) is 9. The Bertz CT molecular complexity index is 1750. The number of H-pyrrole nitrogens is 2. The highest BCUT2D eigenvalue weighted by atomic mass is 32.2. The van der Waals surface area contributed by atoms with Gasteiger partial charge in [-0.1, -0.05) is 0 Å². The molecule has 13 nitrogen and oxygen atoms in total. The molecular weight excluding hydrogens is 510 g/mol. The molecule has 0 saturated carbocycles. The molecular formula is C24H25N9O4S. The third kappa shape index (κ3) is 5.17. The molecule has 196 valence electrons. The number of hydrogen-bond donors (Lipinski definition) is 3. The summed E-state index contributed by atoms with van der Waals surface area (Å²) >= 11 is 0. The standard InChI is InChI=1S/C24H25N9O4S/c1-4-37-6-5-33(2)24(34)18-12-26-13-19-20(18)29-23(28-19)21-17-8-15(10-27-22(17)31-30-21)14-7-16(11-25-9-14)32-38(3,35)36/h7-13,32H,4-6H2,1-3H3,(H,28,29)(H,27,30,31). The largest absolute Gasteiger partial charge is 0.380 e. The molecule has 0 aliphatic heterocycles. The molecule has 3 N–H and O–H groups in total. The zero-order valence-corrected chi connectivity index (χ0v) is 21.7. The number of amides is 1. The molecule has 0 bridgehead atoms. The summed E-state index contributed by atoms with van der Waals surface area (Å²) in [5.74, 6) is 0.224. The summed E-state index contributed by atoms with van der Waals surface area (Å²) in [5, 5.41) is 7.98. The van der Waals surface area contributed by atoms with Gasteiger partial charge in [0.25, 0.3) is 5.91 Å². The number of carbonyl (C=O) groups is 1. The summed E-state index contributed by atoms with van der Waals surface area (Å²) in [5.41, 5.74) is 4.18. The van der Waals surface area contributed by atoms with E-state index in [9.17, 15) is 13.2 Å². The molecule has 0 unspecified atom stereocenters. The van der Waals surface area contributed by atoms with E-state index in [-0.39, 0.29) is 5.91 Å². The van der Waals surface area contributed by atoms with E-state index < -0.39 is 10.0 Å². The van der Waals surface area contributed by atoms with Gasteiger partial charge in [0, 0.05) is 49.9 Å². The van der Waals surface area contributed by atoms with E-state index in [1.165, 1.54) is 12.4 Å². The Balaban J connectivity index is 1.51. The first-order valence-corrected chi connectivity index (χ1v) is 13.6. The maximum atomic E-state index is 13.1. The van der Waals surface area contributed by atoms with Crippen LogP contribution in [0.25, 0.3) is 44.7 Å². The number of likely N-dealkylation sites (N-methyl/N-ethyl adjacent to an activating group) is 1. The van der Waals surface area contributed by atoms with Gasteiger partial charge in [0.05, 0.1) is 47.4 Å². The Kier molecular flexibility index (Phi) is 6.73. The highest BCUT2D eigenvalue weighted by molar-refractivity contribution is 7.92. The Hall–Kier alpha value is -4.43. The fourth-order valence-electron chi connectivity index (χ4n) is 3.96. The normalized spacial score (nSPS) is 11.8. The lowest BCUT2D eigenvalue weighted by molar-refractivity contribution is 0.0711. The molecule has 0 spiro atoms. The van der Waals surface area contributed by atoms with Crippen molar-refractivity contribution >= 4 is 43.7 Å². The maximum Gasteiger partial charge on any atom is 0.257 e. The minimum absolute atomic E-state index is 0.216. The molecule has 1 amide bonds. The van der Waals surface area contributed by atoms with Crippen LogP contribution in [0.15, 0.2) is 43.1 Å². The van der Waals surface area contributed by atoms with E-state index in [1.54, 1.807) is 36.6 Å². The molecule has 5 aromatic heterocycles. The van der Waals surface area contributed by atoms with Crippen LogP contribution in [-0.4, -0.2) is 87.4 Å². The average Bonchev–Trinajstić information content (AvgIpc) is 3.51. The summed E-state index contributed by atoms with van der Waals surface area (Å²) in [4.78, 5) is 35.3. The molecule has 38 heavy (non-hydrogen) atoms. The van der Waals surface area contributed by atoms with E-state index in [4.69, 9.17) is 4.74 Å². The molecule has 0 fully saturated rings. The number of ether oxygens (including phenoxy) is 1. The van der Waals surface area contributed by atoms with Crippen molar-refractivity contribution in [3.05, 3.63) is 48.7 Å². The Morgan fingerprint density at radius 1 is 1.11 bits per heavy atom. The number of anilines is 1. The topological polar surface area (TPSA) is 172 Å². The number of aromatic amines is 2. The van der Waals surface area contributed by atoms with Gasteiger partial charge in [-0.25, -0.2) is 18.4 Å². The Morgan fingerprint density at radius 2 is 1.89 bits per heavy atom. The molecule has 0 aliphatic rings. The predicted molar refractivity (Wildman–Crippen MR) is 142 cm³/mol. The van der Waals surface area contributed by atoms with Crippen LogP contribution in [-0.2, 0) is 14.8 Å². The monoisotopic (exact) mass is 535 g/mol. The van der Waals surface area contributed by atoms with Crippen LogP contribution in [0.2, 0.25) is 0 Å². The van der Waals surface area contributed by atoms with E-state index in [1.807, 2.05) is 13.0 Å². The van der Waals surface area contributed by atoms with Gasteiger partial charge < -0.3 is 14.6 Å². The molecule has 0 saturated heterocycles. The molecule has 14 heteroatoms. The number of rotatable bonds is 9. The summed E-state index contributed by atoms with van der Waals surface area (Å²) in [7, 11) is -1.74. The Morgan fingerprint density at radius 3 is 2.68 bits per heavy atom. The number of carbonyl (C=O) groups excluding carboxylic acids is 1. The zero-order valence-electron chi connectivity index (χ0n) is 20.9. The number of aromatic nitrogens is 7. The van der Waals surface area contributed by atoms with Crippen molar-refractivity contribution < 1.29 is 17.9 Å². The van der Waals surface area contributed by atoms with E-state index in [0.717, 1.165) is 6.26 Å². The van der Waals surface area contributed by atoms with Crippen LogP contribution < -0.4 is 4.72 Å². The molecule has 0 radical (unpaired) electrons. The van der Waals surface area contributed by atoms with Crippen LogP contribution in [0.5, 0.6) is 0 Å². The van der Waals surface area contributed by atoms with Crippen LogP contribution in [0.4, 0.5) is 5.69 Å². The fraction of sp³-hybridized carbons (Fsp3) is 0.250. The van der Waals surface area contributed by atoms with Gasteiger partial charge in [0.2, 0.25) is 10.0 Å². The molecule has 0 aliphatic carbocycles. The zero-order chi connectivity index (χ0) is 26.9. The van der Waals surface area contributed by atoms with E-state index in [2.05, 4.69) is 39.8 Å². The van der Waals surface area contributed by atoms with Gasteiger partial charge in [-0.2, -0.15) is 5.10 Å². The second-order valence-electron chi connectivity index (χ2n) is 8.62. The number of fused-ring (bicyclic) bond motifs is 2. The van der Waals surface area contributed by atoms with Crippen molar-refractivity contribution in [2.24, 2.45) is 0 Å². The van der Waals surface area contributed by atoms with Crippen molar-refractivity contribution in [3.63, 3.8) is 0 Å². The second-order valence-corrected chi connectivity index (χ2v) is 10.4. The minimum atomic E-state index is -3.45. The van der Waals surface area contributed by atoms with E-state index in [0.29, 0.717) is 75.7 Å². The van der Waals surface area contributed by atoms with Gasteiger partial charge in [0.15, 0.2) is 11.5 Å². The van der Waals surface area contributed by atoms with Gasteiger partial charge in [-0.05, 0) is 19.1 Å². The number of pyridine rings is 3. The van der Waals surface area contributed by atoms with Crippen molar-refractivity contribution in [2.75, 3.05) is 37.8 Å². The quantitative estimate of drug-likeness (QED) is 0.240. The number of imidazole rings is 1. The first-order valence-electron chi connectivity index (χ1n) is 11.7. The lowest BCUT2D eigenvalue weighted by atomic mass is 10.1. The number of nitrogens with zero attached hydrogens (tertiary/aromatic N) is 6. The summed E-state index contributed by atoms with van der Waals surface area (Å²) in [6.45, 7) is 3.36. The fourth-order valence-corrected chi connectivity index (χ4v) is 4.50. The van der Waals surface area contributed by atoms with Crippen LogP contribution in [0, 0.1) is 0 Å².